The molecule has 1 aromatic carbocycles. The largest absolute Gasteiger partial charge is 0.339 e. The van der Waals surface area contributed by atoms with Gasteiger partial charge in [-0.25, -0.2) is 8.42 Å². The molecule has 1 amide bonds. The molecule has 30 heavy (non-hydrogen) atoms. The molecular formula is C22H38N4O3S. The Morgan fingerprint density at radius 3 is 2.20 bits per heavy atom. The third-order valence-electron chi connectivity index (χ3n) is 5.55. The highest BCUT2D eigenvalue weighted by atomic mass is 32.2. The van der Waals surface area contributed by atoms with Crippen LogP contribution in [0.2, 0.25) is 0 Å². The van der Waals surface area contributed by atoms with E-state index in [9.17, 15) is 13.2 Å². The van der Waals surface area contributed by atoms with Gasteiger partial charge in [-0.05, 0) is 43.1 Å². The van der Waals surface area contributed by atoms with Crippen LogP contribution in [0.25, 0.3) is 0 Å². The summed E-state index contributed by atoms with van der Waals surface area (Å²) in [4.78, 5) is 17.0. The molecule has 1 saturated heterocycles. The lowest BCUT2D eigenvalue weighted by Gasteiger charge is -2.31. The minimum absolute atomic E-state index is 0.114. The molecule has 1 aliphatic rings. The number of carbonyl (C=O) groups is 1. The Kier molecular flexibility index (Phi) is 9.74. The molecule has 0 atom stereocenters. The minimum atomic E-state index is -3.75. The molecule has 1 fully saturated rings. The molecule has 1 aromatic rings. The van der Waals surface area contributed by atoms with E-state index in [1.165, 1.54) is 4.31 Å². The summed E-state index contributed by atoms with van der Waals surface area (Å²) in [7, 11) is -3.75. The maximum Gasteiger partial charge on any atom is 0.243 e. The molecule has 1 heterocycles. The summed E-state index contributed by atoms with van der Waals surface area (Å²) in [6.07, 6.45) is 0.910. The first kappa shape index (κ1) is 24.8. The van der Waals surface area contributed by atoms with Crippen LogP contribution >= 0.6 is 0 Å². The Bertz CT molecular complexity index is 755. The van der Waals surface area contributed by atoms with E-state index >= 15 is 0 Å². The Morgan fingerprint density at radius 2 is 1.67 bits per heavy atom. The Balaban J connectivity index is 2.20. The van der Waals surface area contributed by atoms with Crippen LogP contribution < -0.4 is 5.32 Å². The van der Waals surface area contributed by atoms with Crippen molar-refractivity contribution in [2.45, 2.75) is 39.0 Å². The van der Waals surface area contributed by atoms with Gasteiger partial charge in [0, 0.05) is 39.3 Å². The maximum absolute atomic E-state index is 13.4. The number of nitrogens with one attached hydrogen (secondary N) is 1. The number of hydrogen-bond acceptors (Lipinski definition) is 5. The van der Waals surface area contributed by atoms with Crippen molar-refractivity contribution in [2.75, 3.05) is 58.9 Å². The topological polar surface area (TPSA) is 73.0 Å². The van der Waals surface area contributed by atoms with Crippen molar-refractivity contribution in [2.24, 2.45) is 5.92 Å². The first-order chi connectivity index (χ1) is 14.3. The van der Waals surface area contributed by atoms with Gasteiger partial charge in [-0.3, -0.25) is 4.79 Å². The van der Waals surface area contributed by atoms with E-state index in [-0.39, 0.29) is 17.3 Å². The molecule has 8 heteroatoms. The molecule has 170 valence electrons. The van der Waals surface area contributed by atoms with Crippen molar-refractivity contribution in [1.82, 2.24) is 19.4 Å². The molecule has 0 unspecified atom stereocenters. The summed E-state index contributed by atoms with van der Waals surface area (Å²) < 4.78 is 28.1. The summed E-state index contributed by atoms with van der Waals surface area (Å²) in [6, 6.07) is 7.11. The third kappa shape index (κ3) is 7.04. The van der Waals surface area contributed by atoms with Crippen LogP contribution in [0.1, 0.15) is 33.3 Å². The summed E-state index contributed by atoms with van der Waals surface area (Å²) in [6.45, 7) is 13.6. The number of sulfonamides is 1. The van der Waals surface area contributed by atoms with Crippen LogP contribution in [0.4, 0.5) is 0 Å². The molecule has 0 saturated carbocycles. The molecule has 0 aliphatic carbocycles. The van der Waals surface area contributed by atoms with Gasteiger partial charge in [-0.15, -0.1) is 0 Å². The van der Waals surface area contributed by atoms with Crippen LogP contribution in [-0.4, -0.2) is 87.3 Å². The summed E-state index contributed by atoms with van der Waals surface area (Å²) >= 11 is 0. The molecule has 0 radical (unpaired) electrons. The second-order valence-electron chi connectivity index (χ2n) is 8.24. The summed E-state index contributed by atoms with van der Waals surface area (Å²) in [5.41, 5.74) is 1.12. The van der Waals surface area contributed by atoms with Crippen LogP contribution in [0.3, 0.4) is 0 Å². The zero-order valence-corrected chi connectivity index (χ0v) is 19.7. The first-order valence-corrected chi connectivity index (χ1v) is 12.5. The van der Waals surface area contributed by atoms with Gasteiger partial charge < -0.3 is 15.1 Å². The number of piperazine rings is 1. The minimum Gasteiger partial charge on any atom is -0.339 e. The highest BCUT2D eigenvalue weighted by Crippen LogP contribution is 2.18. The van der Waals surface area contributed by atoms with Crippen molar-refractivity contribution in [3.63, 3.8) is 0 Å². The van der Waals surface area contributed by atoms with Crippen molar-refractivity contribution in [3.05, 3.63) is 29.8 Å². The predicted octanol–water partition coefficient (Wildman–Crippen LogP) is 1.65. The van der Waals surface area contributed by atoms with E-state index in [2.05, 4.69) is 37.9 Å². The number of nitrogens with zero attached hydrogens (tertiary/aromatic N) is 3. The standard InChI is InChI=1S/C22H38N4O3S/c1-5-24(6-2)15-16-26(18-22(27)25-13-11-23-12-14-25)30(28,29)21-9-7-20(8-10-21)17-19(3)4/h7-10,19,23H,5-6,11-18H2,1-4H3. The van der Waals surface area contributed by atoms with E-state index in [1.54, 1.807) is 17.0 Å². The zero-order valence-electron chi connectivity index (χ0n) is 18.9. The zero-order chi connectivity index (χ0) is 22.1. The lowest BCUT2D eigenvalue weighted by Crippen LogP contribution is -2.51. The number of carbonyl (C=O) groups excluding carboxylic acids is 1. The number of rotatable bonds is 11. The lowest BCUT2D eigenvalue weighted by molar-refractivity contribution is -0.132. The van der Waals surface area contributed by atoms with Crippen LogP contribution in [0.15, 0.2) is 29.2 Å². The molecule has 1 N–H and O–H groups in total. The fourth-order valence-corrected chi connectivity index (χ4v) is 5.04. The molecule has 0 bridgehead atoms. The van der Waals surface area contributed by atoms with Gasteiger partial charge in [0.25, 0.3) is 0 Å². The van der Waals surface area contributed by atoms with Gasteiger partial charge in [-0.2, -0.15) is 4.31 Å². The summed E-state index contributed by atoms with van der Waals surface area (Å²) in [5, 5.41) is 3.22. The maximum atomic E-state index is 13.4. The first-order valence-electron chi connectivity index (χ1n) is 11.1. The van der Waals surface area contributed by atoms with Crippen molar-refractivity contribution >= 4 is 15.9 Å². The van der Waals surface area contributed by atoms with E-state index in [0.29, 0.717) is 32.1 Å². The van der Waals surface area contributed by atoms with E-state index < -0.39 is 10.0 Å². The predicted molar refractivity (Wildman–Crippen MR) is 121 cm³/mol. The average molecular weight is 439 g/mol. The number of amides is 1. The van der Waals surface area contributed by atoms with E-state index in [0.717, 1.165) is 38.2 Å². The Hall–Kier alpha value is -1.48. The Morgan fingerprint density at radius 1 is 1.07 bits per heavy atom. The second-order valence-corrected chi connectivity index (χ2v) is 10.2. The van der Waals surface area contributed by atoms with Crippen molar-refractivity contribution in [3.8, 4) is 0 Å². The number of likely N-dealkylation sites (N-methyl/N-ethyl adjacent to an activating group) is 1. The molecular weight excluding hydrogens is 400 g/mol. The highest BCUT2D eigenvalue weighted by molar-refractivity contribution is 7.89. The normalized spacial score (nSPS) is 15.4. The van der Waals surface area contributed by atoms with Gasteiger partial charge in [0.1, 0.15) is 0 Å². The molecule has 2 rings (SSSR count). The average Bonchev–Trinajstić information content (AvgIpc) is 2.74. The second kappa shape index (κ2) is 11.8. The number of hydrogen-bond donors (Lipinski definition) is 1. The SMILES string of the molecule is CCN(CC)CCN(CC(=O)N1CCNCC1)S(=O)(=O)c1ccc(CC(C)C)cc1. The smallest absolute Gasteiger partial charge is 0.243 e. The van der Waals surface area contributed by atoms with Gasteiger partial charge in [0.15, 0.2) is 0 Å². The monoisotopic (exact) mass is 438 g/mol. The molecule has 7 nitrogen and oxygen atoms in total. The fourth-order valence-electron chi connectivity index (χ4n) is 3.66. The summed E-state index contributed by atoms with van der Waals surface area (Å²) in [5.74, 6) is 0.380. The van der Waals surface area contributed by atoms with Gasteiger partial charge in [0.2, 0.25) is 15.9 Å². The highest BCUT2D eigenvalue weighted by Gasteiger charge is 2.29. The van der Waals surface area contributed by atoms with E-state index in [1.807, 2.05) is 12.1 Å². The van der Waals surface area contributed by atoms with Crippen molar-refractivity contribution in [1.29, 1.82) is 0 Å². The van der Waals surface area contributed by atoms with Gasteiger partial charge in [0.05, 0.1) is 11.4 Å². The Labute approximate surface area is 182 Å². The molecule has 0 spiro atoms. The van der Waals surface area contributed by atoms with Crippen LogP contribution in [0, 0.1) is 5.92 Å². The van der Waals surface area contributed by atoms with Crippen molar-refractivity contribution < 1.29 is 13.2 Å². The van der Waals surface area contributed by atoms with Crippen LogP contribution in [-0.2, 0) is 21.2 Å². The lowest BCUT2D eigenvalue weighted by atomic mass is 10.0. The molecule has 1 aliphatic heterocycles. The number of benzene rings is 1. The quantitative estimate of drug-likeness (QED) is 0.569. The van der Waals surface area contributed by atoms with Gasteiger partial charge >= 0.3 is 0 Å². The fraction of sp³-hybridized carbons (Fsp3) is 0.682. The molecule has 0 aromatic heterocycles. The third-order valence-corrected chi connectivity index (χ3v) is 7.41. The van der Waals surface area contributed by atoms with E-state index in [4.69, 9.17) is 0 Å². The van der Waals surface area contributed by atoms with Crippen LogP contribution in [0.5, 0.6) is 0 Å². The van der Waals surface area contributed by atoms with Gasteiger partial charge in [-0.1, -0.05) is 39.8 Å².